The molecule has 0 heterocycles. The van der Waals surface area contributed by atoms with Crippen molar-refractivity contribution in [3.63, 3.8) is 0 Å². The average molecular weight is 481 g/mol. The lowest BCUT2D eigenvalue weighted by atomic mass is 9.93. The van der Waals surface area contributed by atoms with Crippen LogP contribution in [0, 0.1) is 6.92 Å². The smallest absolute Gasteiger partial charge is 0.264 e. The monoisotopic (exact) mass is 480 g/mol. The quantitative estimate of drug-likeness (QED) is 0.466. The molecule has 34 heavy (non-hydrogen) atoms. The van der Waals surface area contributed by atoms with Crippen LogP contribution in [0.15, 0.2) is 71.6 Å². The lowest BCUT2D eigenvalue weighted by molar-refractivity contribution is 0.0940. The number of ether oxygens (including phenoxy) is 1. The first kappa shape index (κ1) is 25.3. The first-order chi connectivity index (χ1) is 16.1. The average Bonchev–Trinajstić information content (AvgIpc) is 2.83. The number of benzene rings is 3. The van der Waals surface area contributed by atoms with E-state index in [1.807, 2.05) is 19.9 Å². The van der Waals surface area contributed by atoms with Crippen LogP contribution in [0.4, 0.5) is 5.69 Å². The number of aryl methyl sites for hydroxylation is 1. The normalized spacial score (nSPS) is 12.3. The predicted molar refractivity (Wildman–Crippen MR) is 136 cm³/mol. The Balaban J connectivity index is 1.92. The Hall–Kier alpha value is -3.32. The summed E-state index contributed by atoms with van der Waals surface area (Å²) in [5, 5.41) is 3.04. The summed E-state index contributed by atoms with van der Waals surface area (Å²) in [7, 11) is -0.705. The van der Waals surface area contributed by atoms with E-state index < -0.39 is 10.0 Å². The predicted octanol–water partition coefficient (Wildman–Crippen LogP) is 5.44. The minimum absolute atomic E-state index is 0.163. The van der Waals surface area contributed by atoms with Crippen LogP contribution in [0.3, 0.4) is 0 Å². The van der Waals surface area contributed by atoms with E-state index in [4.69, 9.17) is 4.74 Å². The van der Waals surface area contributed by atoms with Gasteiger partial charge in [0.2, 0.25) is 0 Å². The summed E-state index contributed by atoms with van der Waals surface area (Å²) in [5.74, 6) is 0.738. The number of rotatable bonds is 8. The second kappa shape index (κ2) is 10.3. The molecule has 0 aliphatic carbocycles. The van der Waals surface area contributed by atoms with Crippen LogP contribution in [-0.4, -0.2) is 28.5 Å². The SMILES string of the molecule is COc1cc(C)c([C@@H](C)NC(=O)c2ccccc2N(C)S(=O)(=O)c2ccccc2)cc1C(C)C. The zero-order valence-corrected chi connectivity index (χ0v) is 21.3. The number of sulfonamides is 1. The molecule has 0 aromatic heterocycles. The van der Waals surface area contributed by atoms with Gasteiger partial charge in [0.25, 0.3) is 15.9 Å². The number of nitrogens with zero attached hydrogens (tertiary/aromatic N) is 1. The van der Waals surface area contributed by atoms with Crippen LogP contribution in [0.2, 0.25) is 0 Å². The molecule has 0 aliphatic heterocycles. The topological polar surface area (TPSA) is 75.7 Å². The molecule has 0 unspecified atom stereocenters. The first-order valence-electron chi connectivity index (χ1n) is 11.2. The van der Waals surface area contributed by atoms with Crippen LogP contribution < -0.4 is 14.4 Å². The standard InChI is InChI=1S/C27H32N2O4S/c1-18(2)23-17-24(19(3)16-26(23)33-6)20(4)28-27(30)22-14-10-11-15-25(22)29(5)34(31,32)21-12-8-7-9-13-21/h7-18,20H,1-6H3,(H,28,30)/t20-/m1/s1. The van der Waals surface area contributed by atoms with Gasteiger partial charge < -0.3 is 10.1 Å². The maximum Gasteiger partial charge on any atom is 0.264 e. The zero-order valence-electron chi connectivity index (χ0n) is 20.5. The molecule has 0 bridgehead atoms. The van der Waals surface area contributed by atoms with Gasteiger partial charge in [0.1, 0.15) is 5.75 Å². The summed E-state index contributed by atoms with van der Waals surface area (Å²) in [6, 6.07) is 18.6. The van der Waals surface area contributed by atoms with Crippen molar-refractivity contribution >= 4 is 21.6 Å². The van der Waals surface area contributed by atoms with Crippen molar-refractivity contribution in [2.24, 2.45) is 0 Å². The van der Waals surface area contributed by atoms with Gasteiger partial charge in [-0.1, -0.05) is 44.2 Å². The Morgan fingerprint density at radius 3 is 2.18 bits per heavy atom. The van der Waals surface area contributed by atoms with Gasteiger partial charge in [-0.05, 0) is 72.9 Å². The van der Waals surface area contributed by atoms with E-state index in [0.29, 0.717) is 5.69 Å². The summed E-state index contributed by atoms with van der Waals surface area (Å²) < 4.78 is 33.0. The third-order valence-corrected chi connectivity index (χ3v) is 7.73. The first-order valence-corrected chi connectivity index (χ1v) is 12.6. The largest absolute Gasteiger partial charge is 0.496 e. The number of amides is 1. The molecule has 3 rings (SSSR count). The number of methoxy groups -OCH3 is 1. The molecule has 0 radical (unpaired) electrons. The minimum Gasteiger partial charge on any atom is -0.496 e. The highest BCUT2D eigenvalue weighted by Crippen LogP contribution is 2.32. The molecular formula is C27H32N2O4S. The van der Waals surface area contributed by atoms with Gasteiger partial charge >= 0.3 is 0 Å². The van der Waals surface area contributed by atoms with Gasteiger partial charge in [-0.2, -0.15) is 0 Å². The number of carbonyl (C=O) groups excluding carboxylic acids is 1. The van der Waals surface area contributed by atoms with E-state index in [2.05, 4.69) is 25.2 Å². The fourth-order valence-electron chi connectivity index (χ4n) is 3.98. The molecule has 0 spiro atoms. The Kier molecular flexibility index (Phi) is 7.67. The summed E-state index contributed by atoms with van der Waals surface area (Å²) >= 11 is 0. The molecule has 0 fully saturated rings. The molecule has 0 saturated heterocycles. The van der Waals surface area contributed by atoms with E-state index >= 15 is 0 Å². The van der Waals surface area contributed by atoms with Crippen LogP contribution in [-0.2, 0) is 10.0 Å². The van der Waals surface area contributed by atoms with E-state index in [1.54, 1.807) is 49.6 Å². The highest BCUT2D eigenvalue weighted by Gasteiger charge is 2.26. The second-order valence-electron chi connectivity index (χ2n) is 8.60. The maximum atomic E-state index is 13.3. The van der Waals surface area contributed by atoms with Crippen molar-refractivity contribution in [1.29, 1.82) is 0 Å². The highest BCUT2D eigenvalue weighted by molar-refractivity contribution is 7.92. The molecule has 3 aromatic carbocycles. The molecule has 0 saturated carbocycles. The van der Waals surface area contributed by atoms with Crippen LogP contribution in [0.1, 0.15) is 59.8 Å². The fourth-order valence-corrected chi connectivity index (χ4v) is 5.22. The van der Waals surface area contributed by atoms with E-state index in [1.165, 1.54) is 19.2 Å². The van der Waals surface area contributed by atoms with Crippen LogP contribution >= 0.6 is 0 Å². The lowest BCUT2D eigenvalue weighted by Gasteiger charge is -2.24. The molecule has 7 heteroatoms. The number of hydrogen-bond donors (Lipinski definition) is 1. The third-order valence-electron chi connectivity index (χ3n) is 5.94. The van der Waals surface area contributed by atoms with Crippen molar-refractivity contribution in [3.8, 4) is 5.75 Å². The van der Waals surface area contributed by atoms with Gasteiger partial charge in [-0.15, -0.1) is 0 Å². The summed E-state index contributed by atoms with van der Waals surface area (Å²) in [4.78, 5) is 13.5. The molecule has 6 nitrogen and oxygen atoms in total. The molecule has 180 valence electrons. The molecule has 1 amide bonds. The summed E-state index contributed by atoms with van der Waals surface area (Å²) in [5.41, 5.74) is 3.65. The van der Waals surface area contributed by atoms with Gasteiger partial charge in [0.05, 0.1) is 29.3 Å². The van der Waals surface area contributed by atoms with E-state index in [0.717, 1.165) is 26.7 Å². The number of para-hydroxylation sites is 1. The molecule has 1 N–H and O–H groups in total. The molecule has 0 aliphatic rings. The molecular weight excluding hydrogens is 448 g/mol. The molecule has 1 atom stereocenters. The van der Waals surface area contributed by atoms with Gasteiger partial charge in [0.15, 0.2) is 0 Å². The number of carbonyl (C=O) groups is 1. The van der Waals surface area contributed by atoms with Crippen LogP contribution in [0.5, 0.6) is 5.75 Å². The van der Waals surface area contributed by atoms with Crippen molar-refractivity contribution in [2.75, 3.05) is 18.5 Å². The van der Waals surface area contributed by atoms with Gasteiger partial charge in [-0.3, -0.25) is 9.10 Å². The Bertz CT molecular complexity index is 1270. The van der Waals surface area contributed by atoms with Crippen LogP contribution in [0.25, 0.3) is 0 Å². The zero-order chi connectivity index (χ0) is 25.0. The van der Waals surface area contributed by atoms with Crippen molar-refractivity contribution in [1.82, 2.24) is 5.32 Å². The van der Waals surface area contributed by atoms with Crippen molar-refractivity contribution in [2.45, 2.75) is 44.6 Å². The highest BCUT2D eigenvalue weighted by atomic mass is 32.2. The third kappa shape index (κ3) is 5.09. The van der Waals surface area contributed by atoms with E-state index in [-0.39, 0.29) is 28.3 Å². The maximum absolute atomic E-state index is 13.3. The van der Waals surface area contributed by atoms with Gasteiger partial charge in [0, 0.05) is 7.05 Å². The summed E-state index contributed by atoms with van der Waals surface area (Å²) in [6.07, 6.45) is 0. The molecule has 3 aromatic rings. The number of hydrogen-bond acceptors (Lipinski definition) is 4. The lowest BCUT2D eigenvalue weighted by Crippen LogP contribution is -2.32. The Morgan fingerprint density at radius 2 is 1.56 bits per heavy atom. The Labute approximate surface area is 202 Å². The number of anilines is 1. The number of nitrogens with one attached hydrogen (secondary N) is 1. The Morgan fingerprint density at radius 1 is 0.941 bits per heavy atom. The minimum atomic E-state index is -3.82. The van der Waals surface area contributed by atoms with Crippen molar-refractivity contribution in [3.05, 3.63) is 89.0 Å². The summed E-state index contributed by atoms with van der Waals surface area (Å²) in [6.45, 7) is 8.10. The van der Waals surface area contributed by atoms with Gasteiger partial charge in [-0.25, -0.2) is 8.42 Å². The fraction of sp³-hybridized carbons (Fsp3) is 0.296. The van der Waals surface area contributed by atoms with Crippen molar-refractivity contribution < 1.29 is 17.9 Å². The van der Waals surface area contributed by atoms with E-state index in [9.17, 15) is 13.2 Å². The second-order valence-corrected chi connectivity index (χ2v) is 10.6.